The van der Waals surface area contributed by atoms with E-state index in [1.807, 2.05) is 0 Å². The monoisotopic (exact) mass is 395 g/mol. The summed E-state index contributed by atoms with van der Waals surface area (Å²) < 4.78 is 41.2. The number of hydrogen-bond acceptors (Lipinski definition) is 3. The van der Waals surface area contributed by atoms with Crippen molar-refractivity contribution in [2.24, 2.45) is 0 Å². The van der Waals surface area contributed by atoms with Crippen LogP contribution in [-0.4, -0.2) is 14.6 Å². The molecule has 0 aliphatic carbocycles. The highest BCUT2D eigenvalue weighted by Gasteiger charge is 2.39. The number of aromatic amines is 1. The molecule has 0 unspecified atom stereocenters. The van der Waals surface area contributed by atoms with Crippen LogP contribution in [0.5, 0.6) is 0 Å². The van der Waals surface area contributed by atoms with Gasteiger partial charge in [0, 0.05) is 16.0 Å². The van der Waals surface area contributed by atoms with Crippen molar-refractivity contribution in [3.63, 3.8) is 0 Å². The Morgan fingerprint density at radius 3 is 2.50 bits per heavy atom. The quantitative estimate of drug-likeness (QED) is 0.514. The first kappa shape index (κ1) is 16.9. The van der Waals surface area contributed by atoms with Crippen LogP contribution in [0.4, 0.5) is 13.2 Å². The average molecular weight is 396 g/mol. The molecule has 0 spiro atoms. The van der Waals surface area contributed by atoms with Crippen molar-refractivity contribution in [1.29, 1.82) is 0 Å². The first-order chi connectivity index (χ1) is 12.3. The fourth-order valence-corrected chi connectivity index (χ4v) is 3.58. The van der Waals surface area contributed by atoms with E-state index in [0.717, 1.165) is 15.9 Å². The number of thiophene rings is 1. The summed E-state index contributed by atoms with van der Waals surface area (Å²) in [5, 5.41) is 5.70. The molecule has 1 aromatic carbocycles. The molecule has 4 rings (SSSR count). The van der Waals surface area contributed by atoms with Gasteiger partial charge in [0.1, 0.15) is 5.65 Å². The fourth-order valence-electron chi connectivity index (χ4n) is 2.68. The number of rotatable bonds is 2. The van der Waals surface area contributed by atoms with E-state index in [0.29, 0.717) is 21.2 Å². The highest BCUT2D eigenvalue weighted by Crippen LogP contribution is 2.40. The second kappa shape index (κ2) is 6.00. The maximum Gasteiger partial charge on any atom is 0.435 e. The van der Waals surface area contributed by atoms with E-state index in [1.165, 1.54) is 6.07 Å². The van der Waals surface area contributed by atoms with E-state index in [4.69, 9.17) is 11.6 Å². The largest absolute Gasteiger partial charge is 0.435 e. The van der Waals surface area contributed by atoms with E-state index in [1.54, 1.807) is 41.8 Å². The minimum absolute atomic E-state index is 0.00257. The Bertz CT molecular complexity index is 1150. The summed E-state index contributed by atoms with van der Waals surface area (Å²) in [5.74, 6) is 0. The lowest BCUT2D eigenvalue weighted by Crippen LogP contribution is -2.15. The lowest BCUT2D eigenvalue weighted by molar-refractivity contribution is -0.140. The van der Waals surface area contributed by atoms with Gasteiger partial charge in [-0.25, -0.2) is 0 Å². The van der Waals surface area contributed by atoms with Gasteiger partial charge in [-0.15, -0.1) is 11.3 Å². The van der Waals surface area contributed by atoms with Gasteiger partial charge in [0.15, 0.2) is 5.69 Å². The molecule has 0 saturated heterocycles. The predicted molar refractivity (Wildman–Crippen MR) is 94.6 cm³/mol. The van der Waals surface area contributed by atoms with E-state index in [2.05, 4.69) is 10.1 Å². The maximum atomic E-state index is 13.5. The number of aromatic nitrogens is 3. The zero-order chi connectivity index (χ0) is 18.5. The number of fused-ring (bicyclic) bond motifs is 1. The van der Waals surface area contributed by atoms with Crippen LogP contribution in [-0.2, 0) is 6.18 Å². The molecule has 3 heterocycles. The smallest absolute Gasteiger partial charge is 0.339 e. The molecular formula is C17H9ClF3N3OS. The molecule has 1 N–H and O–H groups in total. The SMILES string of the molecule is O=c1cc(-c2ccc(Cl)cc2)[nH]c2c(-c3cccs3)c(C(F)(F)F)nn12. The van der Waals surface area contributed by atoms with Crippen molar-refractivity contribution in [3.8, 4) is 21.7 Å². The van der Waals surface area contributed by atoms with Gasteiger partial charge in [-0.3, -0.25) is 4.79 Å². The van der Waals surface area contributed by atoms with Crippen molar-refractivity contribution in [2.45, 2.75) is 6.18 Å². The number of halogens is 4. The van der Waals surface area contributed by atoms with E-state index >= 15 is 0 Å². The van der Waals surface area contributed by atoms with Crippen molar-refractivity contribution in [1.82, 2.24) is 14.6 Å². The highest BCUT2D eigenvalue weighted by molar-refractivity contribution is 7.13. The average Bonchev–Trinajstić information content (AvgIpc) is 3.21. The number of benzene rings is 1. The van der Waals surface area contributed by atoms with E-state index < -0.39 is 17.4 Å². The second-order valence-electron chi connectivity index (χ2n) is 5.49. The third-order valence-corrected chi connectivity index (χ3v) is 4.95. The molecule has 0 radical (unpaired) electrons. The minimum Gasteiger partial charge on any atom is -0.339 e. The third-order valence-electron chi connectivity index (χ3n) is 3.81. The summed E-state index contributed by atoms with van der Waals surface area (Å²) >= 11 is 7.00. The van der Waals surface area contributed by atoms with Crippen LogP contribution < -0.4 is 5.56 Å². The number of alkyl halides is 3. The molecule has 4 aromatic rings. The zero-order valence-corrected chi connectivity index (χ0v) is 14.4. The molecule has 132 valence electrons. The van der Waals surface area contributed by atoms with Crippen LogP contribution in [0.25, 0.3) is 27.3 Å². The van der Waals surface area contributed by atoms with Gasteiger partial charge < -0.3 is 4.98 Å². The van der Waals surface area contributed by atoms with Crippen LogP contribution >= 0.6 is 22.9 Å². The van der Waals surface area contributed by atoms with Gasteiger partial charge in [-0.05, 0) is 29.1 Å². The molecule has 0 atom stereocenters. The summed E-state index contributed by atoms with van der Waals surface area (Å²) in [6.45, 7) is 0. The molecule has 0 aliphatic rings. The van der Waals surface area contributed by atoms with Crippen LogP contribution in [0, 0.1) is 0 Å². The van der Waals surface area contributed by atoms with Crippen molar-refractivity contribution >= 4 is 28.6 Å². The second-order valence-corrected chi connectivity index (χ2v) is 6.87. The van der Waals surface area contributed by atoms with Crippen molar-refractivity contribution in [2.75, 3.05) is 0 Å². The zero-order valence-electron chi connectivity index (χ0n) is 12.8. The standard InChI is InChI=1S/C17H9ClF3N3OS/c18-10-5-3-9(4-6-10)11-8-13(25)24-16(22-11)14(12-2-1-7-26-12)15(23-24)17(19,20)21/h1-8,22H. The molecule has 9 heteroatoms. The Morgan fingerprint density at radius 1 is 1.15 bits per heavy atom. The van der Waals surface area contributed by atoms with Crippen molar-refractivity contribution < 1.29 is 13.2 Å². The Kier molecular flexibility index (Phi) is 3.89. The van der Waals surface area contributed by atoms with Crippen LogP contribution in [0.3, 0.4) is 0 Å². The summed E-state index contributed by atoms with van der Waals surface area (Å²) in [7, 11) is 0. The van der Waals surface area contributed by atoms with Crippen LogP contribution in [0.15, 0.2) is 52.6 Å². The van der Waals surface area contributed by atoms with Gasteiger partial charge in [-0.2, -0.15) is 22.8 Å². The Morgan fingerprint density at radius 2 is 1.88 bits per heavy atom. The predicted octanol–water partition coefficient (Wildman–Crippen LogP) is 5.09. The highest BCUT2D eigenvalue weighted by atomic mass is 35.5. The topological polar surface area (TPSA) is 50.2 Å². The summed E-state index contributed by atoms with van der Waals surface area (Å²) in [6.07, 6.45) is -4.69. The summed E-state index contributed by atoms with van der Waals surface area (Å²) in [6, 6.07) is 11.0. The lowest BCUT2D eigenvalue weighted by atomic mass is 10.1. The fraction of sp³-hybridized carbons (Fsp3) is 0.0588. The third kappa shape index (κ3) is 2.81. The van der Waals surface area contributed by atoms with Crippen LogP contribution in [0.2, 0.25) is 5.02 Å². The van der Waals surface area contributed by atoms with E-state index in [9.17, 15) is 18.0 Å². The first-order valence-electron chi connectivity index (χ1n) is 7.37. The molecular weight excluding hydrogens is 387 g/mol. The molecule has 0 amide bonds. The summed E-state index contributed by atoms with van der Waals surface area (Å²) in [5.41, 5.74) is -0.886. The Balaban J connectivity index is 2.05. The number of H-pyrrole nitrogens is 1. The molecule has 0 saturated carbocycles. The molecule has 0 aliphatic heterocycles. The van der Waals surface area contributed by atoms with Gasteiger partial charge >= 0.3 is 6.18 Å². The van der Waals surface area contributed by atoms with Gasteiger partial charge in [0.25, 0.3) is 5.56 Å². The minimum atomic E-state index is -4.69. The maximum absolute atomic E-state index is 13.5. The first-order valence-corrected chi connectivity index (χ1v) is 8.63. The molecule has 0 fully saturated rings. The van der Waals surface area contributed by atoms with Crippen LogP contribution in [0.1, 0.15) is 5.69 Å². The van der Waals surface area contributed by atoms with Gasteiger partial charge in [0.2, 0.25) is 0 Å². The molecule has 4 nitrogen and oxygen atoms in total. The molecule has 26 heavy (non-hydrogen) atoms. The molecule has 3 aromatic heterocycles. The normalized spacial score (nSPS) is 12.0. The molecule has 0 bridgehead atoms. The summed E-state index contributed by atoms with van der Waals surface area (Å²) in [4.78, 5) is 15.7. The van der Waals surface area contributed by atoms with E-state index in [-0.39, 0.29) is 11.2 Å². The number of nitrogens with zero attached hydrogens (tertiary/aromatic N) is 2. The number of nitrogens with one attached hydrogen (secondary N) is 1. The Labute approximate surface area is 153 Å². The Hall–Kier alpha value is -2.58. The lowest BCUT2D eigenvalue weighted by Gasteiger charge is -2.06. The van der Waals surface area contributed by atoms with Crippen molar-refractivity contribution in [3.05, 3.63) is 68.9 Å². The van der Waals surface area contributed by atoms with Gasteiger partial charge in [-0.1, -0.05) is 29.8 Å². The van der Waals surface area contributed by atoms with Gasteiger partial charge in [0.05, 0.1) is 11.3 Å². The number of hydrogen-bond donors (Lipinski definition) is 1.